The van der Waals surface area contributed by atoms with Crippen molar-refractivity contribution in [2.75, 3.05) is 31.1 Å². The van der Waals surface area contributed by atoms with Gasteiger partial charge in [-0.15, -0.1) is 10.2 Å². The minimum absolute atomic E-state index is 0.880. The van der Waals surface area contributed by atoms with E-state index in [2.05, 4.69) is 25.4 Å². The van der Waals surface area contributed by atoms with E-state index in [0.29, 0.717) is 0 Å². The molecule has 3 heterocycles. The molecule has 0 radical (unpaired) electrons. The zero-order chi connectivity index (χ0) is 12.4. The van der Waals surface area contributed by atoms with Crippen molar-refractivity contribution in [2.45, 2.75) is 0 Å². The predicted molar refractivity (Wildman–Crippen MR) is 69.3 cm³/mol. The fourth-order valence-electron chi connectivity index (χ4n) is 2.21. The standard InChI is InChI=1S/C12H16N6/c1-17-11(10-2-4-13-5-3-10)15-16-12(17)18-8-6-14-7-9-18/h2-5,14H,6-9H2,1H3. The summed E-state index contributed by atoms with van der Waals surface area (Å²) in [6.45, 7) is 3.94. The quantitative estimate of drug-likeness (QED) is 0.822. The lowest BCUT2D eigenvalue weighted by atomic mass is 10.2. The summed E-state index contributed by atoms with van der Waals surface area (Å²) in [4.78, 5) is 6.28. The van der Waals surface area contributed by atoms with E-state index in [1.807, 2.05) is 23.7 Å². The van der Waals surface area contributed by atoms with Gasteiger partial charge in [-0.25, -0.2) is 0 Å². The number of pyridine rings is 1. The maximum atomic E-state index is 4.31. The molecule has 6 nitrogen and oxygen atoms in total. The van der Waals surface area contributed by atoms with Gasteiger partial charge in [-0.2, -0.15) is 0 Å². The van der Waals surface area contributed by atoms with Crippen molar-refractivity contribution >= 4 is 5.95 Å². The number of hydrogen-bond acceptors (Lipinski definition) is 5. The summed E-state index contributed by atoms with van der Waals surface area (Å²) in [5.41, 5.74) is 1.04. The SMILES string of the molecule is Cn1c(-c2ccncc2)nnc1N1CCNCC1. The molecule has 2 aromatic rings. The molecule has 94 valence electrons. The van der Waals surface area contributed by atoms with Crippen LogP contribution in [0.15, 0.2) is 24.5 Å². The molecule has 0 aromatic carbocycles. The van der Waals surface area contributed by atoms with Gasteiger partial charge in [-0.1, -0.05) is 0 Å². The number of rotatable bonds is 2. The van der Waals surface area contributed by atoms with Crippen molar-refractivity contribution in [2.24, 2.45) is 7.05 Å². The predicted octanol–water partition coefficient (Wildman–Crippen LogP) is 0.287. The highest BCUT2D eigenvalue weighted by molar-refractivity contribution is 5.56. The van der Waals surface area contributed by atoms with Crippen LogP contribution in [0.4, 0.5) is 5.95 Å². The molecule has 0 aliphatic carbocycles. The average molecular weight is 244 g/mol. The highest BCUT2D eigenvalue weighted by Gasteiger charge is 2.18. The lowest BCUT2D eigenvalue weighted by molar-refractivity contribution is 0.573. The van der Waals surface area contributed by atoms with E-state index in [9.17, 15) is 0 Å². The highest BCUT2D eigenvalue weighted by atomic mass is 15.4. The number of anilines is 1. The Morgan fingerprint density at radius 3 is 2.56 bits per heavy atom. The molecule has 1 N–H and O–H groups in total. The van der Waals surface area contributed by atoms with Crippen molar-refractivity contribution in [3.05, 3.63) is 24.5 Å². The molecule has 3 rings (SSSR count). The zero-order valence-corrected chi connectivity index (χ0v) is 10.4. The molecule has 2 aromatic heterocycles. The third-order valence-electron chi connectivity index (χ3n) is 3.19. The molecule has 0 saturated carbocycles. The summed E-state index contributed by atoms with van der Waals surface area (Å²) < 4.78 is 2.04. The minimum atomic E-state index is 0.880. The molecule has 1 saturated heterocycles. The molecule has 1 aliphatic heterocycles. The van der Waals surface area contributed by atoms with Crippen LogP contribution in [0.25, 0.3) is 11.4 Å². The van der Waals surface area contributed by atoms with E-state index in [-0.39, 0.29) is 0 Å². The van der Waals surface area contributed by atoms with Gasteiger partial charge in [-0.05, 0) is 12.1 Å². The first-order valence-electron chi connectivity index (χ1n) is 6.12. The normalized spacial score (nSPS) is 15.9. The molecule has 0 unspecified atom stereocenters. The molecule has 6 heteroatoms. The number of piperazine rings is 1. The lowest BCUT2D eigenvalue weighted by Crippen LogP contribution is -2.44. The lowest BCUT2D eigenvalue weighted by Gasteiger charge is -2.27. The first-order valence-corrected chi connectivity index (χ1v) is 6.12. The van der Waals surface area contributed by atoms with Crippen LogP contribution in [0, 0.1) is 0 Å². The van der Waals surface area contributed by atoms with Crippen LogP contribution in [0.5, 0.6) is 0 Å². The maximum absolute atomic E-state index is 4.31. The van der Waals surface area contributed by atoms with Gasteiger partial charge in [0.1, 0.15) is 0 Å². The Morgan fingerprint density at radius 2 is 1.83 bits per heavy atom. The van der Waals surface area contributed by atoms with Crippen molar-refractivity contribution in [1.82, 2.24) is 25.1 Å². The fourth-order valence-corrected chi connectivity index (χ4v) is 2.21. The van der Waals surface area contributed by atoms with Crippen LogP contribution in [0.2, 0.25) is 0 Å². The van der Waals surface area contributed by atoms with E-state index in [0.717, 1.165) is 43.5 Å². The van der Waals surface area contributed by atoms with Gasteiger partial charge in [-0.3, -0.25) is 9.55 Å². The first-order chi connectivity index (χ1) is 8.86. The second-order valence-electron chi connectivity index (χ2n) is 4.36. The molecular weight excluding hydrogens is 228 g/mol. The Labute approximate surface area is 106 Å². The number of nitrogens with zero attached hydrogens (tertiary/aromatic N) is 5. The highest BCUT2D eigenvalue weighted by Crippen LogP contribution is 2.20. The average Bonchev–Trinajstić information content (AvgIpc) is 2.83. The van der Waals surface area contributed by atoms with Crippen LogP contribution in [0.3, 0.4) is 0 Å². The van der Waals surface area contributed by atoms with Crippen molar-refractivity contribution < 1.29 is 0 Å². The minimum Gasteiger partial charge on any atom is -0.338 e. The number of hydrogen-bond donors (Lipinski definition) is 1. The molecule has 18 heavy (non-hydrogen) atoms. The van der Waals surface area contributed by atoms with Crippen molar-refractivity contribution in [1.29, 1.82) is 0 Å². The summed E-state index contributed by atoms with van der Waals surface area (Å²) in [7, 11) is 2.01. The van der Waals surface area contributed by atoms with Gasteiger partial charge in [0.25, 0.3) is 0 Å². The van der Waals surface area contributed by atoms with Crippen LogP contribution in [-0.4, -0.2) is 45.9 Å². The Kier molecular flexibility index (Phi) is 2.93. The van der Waals surface area contributed by atoms with Gasteiger partial charge in [0.2, 0.25) is 5.95 Å². The van der Waals surface area contributed by atoms with E-state index in [4.69, 9.17) is 0 Å². The monoisotopic (exact) mass is 244 g/mol. The van der Waals surface area contributed by atoms with Gasteiger partial charge < -0.3 is 10.2 Å². The van der Waals surface area contributed by atoms with Gasteiger partial charge in [0.05, 0.1) is 0 Å². The smallest absolute Gasteiger partial charge is 0.227 e. The largest absolute Gasteiger partial charge is 0.338 e. The van der Waals surface area contributed by atoms with E-state index >= 15 is 0 Å². The second-order valence-corrected chi connectivity index (χ2v) is 4.36. The van der Waals surface area contributed by atoms with Crippen LogP contribution < -0.4 is 10.2 Å². The van der Waals surface area contributed by atoms with E-state index < -0.39 is 0 Å². The van der Waals surface area contributed by atoms with E-state index in [1.165, 1.54) is 0 Å². The molecular formula is C12H16N6. The second kappa shape index (κ2) is 4.73. The van der Waals surface area contributed by atoms with Crippen LogP contribution in [-0.2, 0) is 7.05 Å². The summed E-state index contributed by atoms with van der Waals surface area (Å²) in [5, 5.41) is 11.9. The fraction of sp³-hybridized carbons (Fsp3) is 0.417. The molecule has 0 spiro atoms. The van der Waals surface area contributed by atoms with Crippen LogP contribution >= 0.6 is 0 Å². The van der Waals surface area contributed by atoms with Gasteiger partial charge in [0, 0.05) is 51.2 Å². The van der Waals surface area contributed by atoms with E-state index in [1.54, 1.807) is 12.4 Å². The summed E-state index contributed by atoms with van der Waals surface area (Å²) in [6, 6.07) is 3.90. The zero-order valence-electron chi connectivity index (χ0n) is 10.4. The first kappa shape index (κ1) is 11.2. The Hall–Kier alpha value is -1.95. The van der Waals surface area contributed by atoms with Crippen molar-refractivity contribution in [3.63, 3.8) is 0 Å². The molecule has 0 bridgehead atoms. The summed E-state index contributed by atoms with van der Waals surface area (Å²) >= 11 is 0. The molecule has 0 atom stereocenters. The third-order valence-corrected chi connectivity index (χ3v) is 3.19. The van der Waals surface area contributed by atoms with Crippen molar-refractivity contribution in [3.8, 4) is 11.4 Å². The third kappa shape index (κ3) is 1.95. The number of aromatic nitrogens is 4. The Balaban J connectivity index is 1.92. The molecule has 1 aliphatic rings. The molecule has 1 fully saturated rings. The summed E-state index contributed by atoms with van der Waals surface area (Å²) in [6.07, 6.45) is 3.54. The van der Waals surface area contributed by atoms with Gasteiger partial charge in [0.15, 0.2) is 5.82 Å². The Morgan fingerprint density at radius 1 is 1.11 bits per heavy atom. The van der Waals surface area contributed by atoms with Crippen LogP contribution in [0.1, 0.15) is 0 Å². The number of nitrogens with one attached hydrogen (secondary N) is 1. The Bertz CT molecular complexity index is 515. The van der Waals surface area contributed by atoms with Gasteiger partial charge >= 0.3 is 0 Å². The molecule has 0 amide bonds. The summed E-state index contributed by atoms with van der Waals surface area (Å²) in [5.74, 6) is 1.81. The topological polar surface area (TPSA) is 58.9 Å². The maximum Gasteiger partial charge on any atom is 0.227 e.